The molecule has 0 aliphatic heterocycles. The summed E-state index contributed by atoms with van der Waals surface area (Å²) in [4.78, 5) is 15.7. The average molecular weight is 191 g/mol. The largest absolute Gasteiger partial charge is 0.299 e. The van der Waals surface area contributed by atoms with Crippen LogP contribution in [0.3, 0.4) is 0 Å². The Labute approximate surface area is 85.4 Å². The Hall–Kier alpha value is -1.18. The van der Waals surface area contributed by atoms with Gasteiger partial charge in [-0.05, 0) is 24.5 Å². The highest BCUT2D eigenvalue weighted by Gasteiger charge is 2.07. The van der Waals surface area contributed by atoms with E-state index in [2.05, 4.69) is 18.8 Å². The van der Waals surface area contributed by atoms with E-state index in [0.717, 1.165) is 11.3 Å². The van der Waals surface area contributed by atoms with Crippen molar-refractivity contribution in [2.24, 2.45) is 5.92 Å². The molecular formula is C12H17NO. The van der Waals surface area contributed by atoms with Crippen molar-refractivity contribution in [2.75, 3.05) is 0 Å². The van der Waals surface area contributed by atoms with E-state index in [1.807, 2.05) is 19.1 Å². The highest BCUT2D eigenvalue weighted by molar-refractivity contribution is 5.81. The minimum atomic E-state index is 0.302. The van der Waals surface area contributed by atoms with Gasteiger partial charge in [0.1, 0.15) is 5.78 Å². The third-order valence-electron chi connectivity index (χ3n) is 2.14. The molecule has 0 atom stereocenters. The first-order valence-corrected chi connectivity index (χ1v) is 5.01. The number of carbonyl (C=O) groups is 1. The van der Waals surface area contributed by atoms with Crippen LogP contribution in [0.2, 0.25) is 0 Å². The lowest BCUT2D eigenvalue weighted by molar-refractivity contribution is -0.119. The Kier molecular flexibility index (Phi) is 3.81. The number of hydrogen-bond acceptors (Lipinski definition) is 2. The third kappa shape index (κ3) is 3.29. The van der Waals surface area contributed by atoms with Crippen LogP contribution in [-0.2, 0) is 11.2 Å². The van der Waals surface area contributed by atoms with Crippen molar-refractivity contribution in [3.05, 3.63) is 29.6 Å². The molecule has 1 aromatic rings. The van der Waals surface area contributed by atoms with E-state index in [4.69, 9.17) is 0 Å². The van der Waals surface area contributed by atoms with Gasteiger partial charge in [0.25, 0.3) is 0 Å². The smallest absolute Gasteiger partial charge is 0.137 e. The van der Waals surface area contributed by atoms with Gasteiger partial charge in [0.15, 0.2) is 0 Å². The summed E-state index contributed by atoms with van der Waals surface area (Å²) in [7, 11) is 0. The molecule has 0 radical (unpaired) electrons. The molecule has 2 nitrogen and oxygen atoms in total. The molecule has 0 unspecified atom stereocenters. The van der Waals surface area contributed by atoms with E-state index in [0.29, 0.717) is 24.5 Å². The van der Waals surface area contributed by atoms with Crippen molar-refractivity contribution in [2.45, 2.75) is 33.6 Å². The number of aryl methyl sites for hydroxylation is 1. The molecule has 1 aromatic heterocycles. The fraction of sp³-hybridized carbons (Fsp3) is 0.500. The Morgan fingerprint density at radius 2 is 2.21 bits per heavy atom. The Balaban J connectivity index is 2.61. The molecule has 76 valence electrons. The predicted octanol–water partition coefficient (Wildman–Crippen LogP) is 2.55. The van der Waals surface area contributed by atoms with Crippen molar-refractivity contribution < 1.29 is 4.79 Å². The second kappa shape index (κ2) is 4.89. The van der Waals surface area contributed by atoms with Crippen LogP contribution in [0.1, 0.15) is 31.5 Å². The lowest BCUT2D eigenvalue weighted by Crippen LogP contribution is -2.07. The predicted molar refractivity (Wildman–Crippen MR) is 57.1 cm³/mol. The molecule has 0 bridgehead atoms. The molecule has 0 aliphatic carbocycles. The lowest BCUT2D eigenvalue weighted by atomic mass is 10.0. The average Bonchev–Trinajstić information content (AvgIpc) is 2.07. The van der Waals surface area contributed by atoms with Gasteiger partial charge in [-0.25, -0.2) is 0 Å². The zero-order valence-electron chi connectivity index (χ0n) is 9.08. The summed E-state index contributed by atoms with van der Waals surface area (Å²) < 4.78 is 0. The van der Waals surface area contributed by atoms with E-state index in [-0.39, 0.29) is 0 Å². The van der Waals surface area contributed by atoms with Crippen LogP contribution in [0.15, 0.2) is 18.3 Å². The maximum absolute atomic E-state index is 11.5. The maximum atomic E-state index is 11.5. The first-order chi connectivity index (χ1) is 6.59. The molecule has 14 heavy (non-hydrogen) atoms. The zero-order valence-corrected chi connectivity index (χ0v) is 9.08. The number of aromatic nitrogens is 1. The molecule has 0 saturated carbocycles. The number of pyridine rings is 1. The second-order valence-corrected chi connectivity index (χ2v) is 4.06. The van der Waals surface area contributed by atoms with Crippen molar-refractivity contribution in [1.29, 1.82) is 0 Å². The number of ketones is 1. The summed E-state index contributed by atoms with van der Waals surface area (Å²) in [6.45, 7) is 6.07. The van der Waals surface area contributed by atoms with E-state index in [1.54, 1.807) is 6.20 Å². The van der Waals surface area contributed by atoms with E-state index < -0.39 is 0 Å². The van der Waals surface area contributed by atoms with Crippen molar-refractivity contribution in [1.82, 2.24) is 4.98 Å². The maximum Gasteiger partial charge on any atom is 0.137 e. The molecule has 0 aliphatic rings. The monoisotopic (exact) mass is 191 g/mol. The Morgan fingerprint density at radius 3 is 2.79 bits per heavy atom. The van der Waals surface area contributed by atoms with Crippen molar-refractivity contribution in [3.8, 4) is 0 Å². The first kappa shape index (κ1) is 10.9. The normalized spacial score (nSPS) is 10.6. The summed E-state index contributed by atoms with van der Waals surface area (Å²) in [6.07, 6.45) is 2.94. The van der Waals surface area contributed by atoms with Gasteiger partial charge in [-0.1, -0.05) is 19.9 Å². The molecule has 0 aromatic carbocycles. The number of hydrogen-bond donors (Lipinski definition) is 0. The molecule has 2 heteroatoms. The van der Waals surface area contributed by atoms with Gasteiger partial charge in [-0.3, -0.25) is 9.78 Å². The quantitative estimate of drug-likeness (QED) is 0.732. The third-order valence-corrected chi connectivity index (χ3v) is 2.14. The number of nitrogens with zero attached hydrogens (tertiary/aromatic N) is 1. The highest BCUT2D eigenvalue weighted by Crippen LogP contribution is 2.09. The zero-order chi connectivity index (χ0) is 10.6. The fourth-order valence-corrected chi connectivity index (χ4v) is 1.44. The second-order valence-electron chi connectivity index (χ2n) is 4.06. The van der Waals surface area contributed by atoms with Gasteiger partial charge >= 0.3 is 0 Å². The molecule has 0 saturated heterocycles. The highest BCUT2D eigenvalue weighted by atomic mass is 16.1. The summed E-state index contributed by atoms with van der Waals surface area (Å²) in [6, 6.07) is 3.85. The van der Waals surface area contributed by atoms with Crippen molar-refractivity contribution >= 4 is 5.78 Å². The van der Waals surface area contributed by atoms with Gasteiger partial charge in [0.05, 0.1) is 0 Å². The van der Waals surface area contributed by atoms with E-state index in [1.165, 1.54) is 0 Å². The topological polar surface area (TPSA) is 30.0 Å². The summed E-state index contributed by atoms with van der Waals surface area (Å²) in [5.74, 6) is 0.746. The number of rotatable bonds is 4. The van der Waals surface area contributed by atoms with Gasteiger partial charge in [-0.2, -0.15) is 0 Å². The fourth-order valence-electron chi connectivity index (χ4n) is 1.44. The van der Waals surface area contributed by atoms with Crippen molar-refractivity contribution in [3.63, 3.8) is 0 Å². The molecule has 0 spiro atoms. The molecule has 1 rings (SSSR count). The first-order valence-electron chi connectivity index (χ1n) is 5.01. The van der Waals surface area contributed by atoms with Crippen LogP contribution < -0.4 is 0 Å². The minimum Gasteiger partial charge on any atom is -0.299 e. The van der Waals surface area contributed by atoms with E-state index in [9.17, 15) is 4.79 Å². The van der Waals surface area contributed by atoms with Crippen LogP contribution in [0.5, 0.6) is 0 Å². The summed E-state index contributed by atoms with van der Waals surface area (Å²) in [5.41, 5.74) is 2.02. The number of Topliss-reactive ketones (excluding diaryl/α,β-unsaturated/α-hetero) is 1. The van der Waals surface area contributed by atoms with Gasteiger partial charge < -0.3 is 0 Å². The molecule has 1 heterocycles. The van der Waals surface area contributed by atoms with E-state index >= 15 is 0 Å². The Bertz CT molecular complexity index is 318. The standard InChI is InChI=1S/C12H17NO/c1-9(2)7-12(14)8-11-5-4-6-13-10(11)3/h4-6,9H,7-8H2,1-3H3. The molecule has 0 fully saturated rings. The summed E-state index contributed by atoms with van der Waals surface area (Å²) in [5, 5.41) is 0. The molecule has 0 N–H and O–H groups in total. The van der Waals surface area contributed by atoms with Gasteiger partial charge in [-0.15, -0.1) is 0 Å². The van der Waals surface area contributed by atoms with Gasteiger partial charge in [0, 0.05) is 24.7 Å². The van der Waals surface area contributed by atoms with Crippen LogP contribution in [0.4, 0.5) is 0 Å². The van der Waals surface area contributed by atoms with Crippen LogP contribution in [0.25, 0.3) is 0 Å². The molecule has 0 amide bonds. The van der Waals surface area contributed by atoms with Crippen LogP contribution in [-0.4, -0.2) is 10.8 Å². The lowest BCUT2D eigenvalue weighted by Gasteiger charge is -2.05. The van der Waals surface area contributed by atoms with Crippen LogP contribution >= 0.6 is 0 Å². The molecular weight excluding hydrogens is 174 g/mol. The minimum absolute atomic E-state index is 0.302. The van der Waals surface area contributed by atoms with Gasteiger partial charge in [0.2, 0.25) is 0 Å². The Morgan fingerprint density at radius 1 is 1.50 bits per heavy atom. The SMILES string of the molecule is Cc1ncccc1CC(=O)CC(C)C. The van der Waals surface area contributed by atoms with Crippen LogP contribution in [0, 0.1) is 12.8 Å². The summed E-state index contributed by atoms with van der Waals surface area (Å²) >= 11 is 0. The number of carbonyl (C=O) groups excluding carboxylic acids is 1.